The smallest absolute Gasteiger partial charge is 0.251 e. The fourth-order valence-electron chi connectivity index (χ4n) is 2.38. The molecule has 0 saturated heterocycles. The van der Waals surface area contributed by atoms with Crippen molar-refractivity contribution < 1.29 is 14.3 Å². The molecule has 0 spiro atoms. The van der Waals surface area contributed by atoms with Gasteiger partial charge in [-0.25, -0.2) is 0 Å². The Morgan fingerprint density at radius 2 is 1.72 bits per heavy atom. The monoisotopic (exact) mass is 340 g/mol. The first-order chi connectivity index (χ1) is 12.0. The average Bonchev–Trinajstić information content (AvgIpc) is 2.63. The number of likely N-dealkylation sites (N-methyl/N-ethyl adjacent to an activating group) is 1. The number of nitrogens with one attached hydrogen (secondary N) is 1. The number of hydrogen-bond donors (Lipinski definition) is 1. The lowest BCUT2D eigenvalue weighted by atomic mass is 10.2. The van der Waals surface area contributed by atoms with Gasteiger partial charge in [-0.2, -0.15) is 0 Å². The van der Waals surface area contributed by atoms with Crippen LogP contribution in [0.1, 0.15) is 22.8 Å². The minimum absolute atomic E-state index is 0.155. The summed E-state index contributed by atoms with van der Waals surface area (Å²) in [6, 6.07) is 16.0. The van der Waals surface area contributed by atoms with E-state index >= 15 is 0 Å². The first kappa shape index (κ1) is 18.5. The van der Waals surface area contributed by atoms with Crippen molar-refractivity contribution in [2.75, 3.05) is 20.2 Å². The summed E-state index contributed by atoms with van der Waals surface area (Å²) in [7, 11) is 1.70. The lowest BCUT2D eigenvalue weighted by molar-refractivity contribution is -0.131. The SMILES string of the molecule is Cc1ccccc1OCCN(C)C(=O)C(C)NC(=O)c1ccccc1. The average molecular weight is 340 g/mol. The van der Waals surface area contributed by atoms with Gasteiger partial charge in [0, 0.05) is 12.6 Å². The van der Waals surface area contributed by atoms with Crippen LogP contribution in [0.15, 0.2) is 54.6 Å². The molecule has 0 aromatic heterocycles. The summed E-state index contributed by atoms with van der Waals surface area (Å²) in [5, 5.41) is 2.72. The van der Waals surface area contributed by atoms with Crippen LogP contribution in [0.2, 0.25) is 0 Å². The zero-order valence-electron chi connectivity index (χ0n) is 14.9. The molecule has 2 amide bonds. The molecule has 0 fully saturated rings. The number of rotatable bonds is 7. The minimum atomic E-state index is -0.601. The van der Waals surface area contributed by atoms with Gasteiger partial charge in [0.15, 0.2) is 0 Å². The Hall–Kier alpha value is -2.82. The van der Waals surface area contributed by atoms with Crippen LogP contribution >= 0.6 is 0 Å². The fourth-order valence-corrected chi connectivity index (χ4v) is 2.38. The lowest BCUT2D eigenvalue weighted by Crippen LogP contribution is -2.46. The summed E-state index contributed by atoms with van der Waals surface area (Å²) in [5.74, 6) is 0.400. The number of para-hydroxylation sites is 1. The Balaban J connectivity index is 1.80. The summed E-state index contributed by atoms with van der Waals surface area (Å²) in [6.45, 7) is 4.50. The summed E-state index contributed by atoms with van der Waals surface area (Å²) in [6.07, 6.45) is 0. The Morgan fingerprint density at radius 1 is 1.08 bits per heavy atom. The number of amides is 2. The van der Waals surface area contributed by atoms with Crippen molar-refractivity contribution in [1.82, 2.24) is 10.2 Å². The van der Waals surface area contributed by atoms with Gasteiger partial charge in [-0.15, -0.1) is 0 Å². The van der Waals surface area contributed by atoms with Gasteiger partial charge >= 0.3 is 0 Å². The zero-order valence-corrected chi connectivity index (χ0v) is 14.9. The second kappa shape index (κ2) is 8.87. The predicted molar refractivity (Wildman–Crippen MR) is 97.7 cm³/mol. The molecule has 2 aromatic rings. The second-order valence-corrected chi connectivity index (χ2v) is 5.93. The quantitative estimate of drug-likeness (QED) is 0.843. The van der Waals surface area contributed by atoms with E-state index in [1.54, 1.807) is 43.1 Å². The third-order valence-electron chi connectivity index (χ3n) is 3.91. The molecule has 25 heavy (non-hydrogen) atoms. The summed E-state index contributed by atoms with van der Waals surface area (Å²) in [5.41, 5.74) is 1.59. The van der Waals surface area contributed by atoms with Gasteiger partial charge in [-0.05, 0) is 37.6 Å². The van der Waals surface area contributed by atoms with Crippen molar-refractivity contribution in [2.24, 2.45) is 0 Å². The first-order valence-electron chi connectivity index (χ1n) is 8.28. The van der Waals surface area contributed by atoms with Crippen LogP contribution in [-0.4, -0.2) is 43.0 Å². The normalized spacial score (nSPS) is 11.5. The molecule has 132 valence electrons. The summed E-state index contributed by atoms with van der Waals surface area (Å²) >= 11 is 0. The Labute approximate surface area is 148 Å². The molecule has 2 aromatic carbocycles. The van der Waals surface area contributed by atoms with Gasteiger partial charge in [0.1, 0.15) is 18.4 Å². The zero-order chi connectivity index (χ0) is 18.2. The number of carbonyl (C=O) groups excluding carboxylic acids is 2. The molecule has 1 N–H and O–H groups in total. The van der Waals surface area contributed by atoms with Crippen molar-refractivity contribution in [1.29, 1.82) is 0 Å². The van der Waals surface area contributed by atoms with Gasteiger partial charge < -0.3 is 15.0 Å². The lowest BCUT2D eigenvalue weighted by Gasteiger charge is -2.22. The van der Waals surface area contributed by atoms with Crippen molar-refractivity contribution in [3.63, 3.8) is 0 Å². The van der Waals surface area contributed by atoms with E-state index in [2.05, 4.69) is 5.32 Å². The molecule has 0 saturated carbocycles. The molecule has 0 heterocycles. The fraction of sp³-hybridized carbons (Fsp3) is 0.300. The van der Waals surface area contributed by atoms with Crippen molar-refractivity contribution in [3.8, 4) is 5.75 Å². The number of benzene rings is 2. The largest absolute Gasteiger partial charge is 0.491 e. The highest BCUT2D eigenvalue weighted by Gasteiger charge is 2.20. The van der Waals surface area contributed by atoms with Crippen LogP contribution in [0, 0.1) is 6.92 Å². The number of ether oxygens (including phenoxy) is 1. The predicted octanol–water partition coefficient (Wildman–Crippen LogP) is 2.65. The van der Waals surface area contributed by atoms with Crippen molar-refractivity contribution in [2.45, 2.75) is 19.9 Å². The maximum atomic E-state index is 12.4. The molecule has 0 aliphatic carbocycles. The number of hydrogen-bond acceptors (Lipinski definition) is 3. The number of aryl methyl sites for hydroxylation is 1. The molecule has 5 heteroatoms. The van der Waals surface area contributed by atoms with Gasteiger partial charge in [0.05, 0.1) is 6.54 Å². The highest BCUT2D eigenvalue weighted by Crippen LogP contribution is 2.15. The van der Waals surface area contributed by atoms with Gasteiger partial charge in [0.2, 0.25) is 5.91 Å². The molecule has 0 bridgehead atoms. The second-order valence-electron chi connectivity index (χ2n) is 5.93. The molecular weight excluding hydrogens is 316 g/mol. The molecule has 0 aliphatic rings. The molecule has 0 aliphatic heterocycles. The van der Waals surface area contributed by atoms with Crippen molar-refractivity contribution >= 4 is 11.8 Å². The van der Waals surface area contributed by atoms with Gasteiger partial charge in [-0.3, -0.25) is 9.59 Å². The van der Waals surface area contributed by atoms with E-state index in [1.807, 2.05) is 37.3 Å². The van der Waals surface area contributed by atoms with Gasteiger partial charge in [0.25, 0.3) is 5.91 Å². The highest BCUT2D eigenvalue weighted by atomic mass is 16.5. The van der Waals surface area contributed by atoms with E-state index in [4.69, 9.17) is 4.74 Å². The summed E-state index contributed by atoms with van der Waals surface area (Å²) in [4.78, 5) is 26.1. The standard InChI is InChI=1S/C20H24N2O3/c1-15-9-7-8-12-18(15)25-14-13-22(3)20(24)16(2)21-19(23)17-10-5-4-6-11-17/h4-12,16H,13-14H2,1-3H3,(H,21,23). The third kappa shape index (κ3) is 5.35. The minimum Gasteiger partial charge on any atom is -0.491 e. The van der Waals surface area contributed by atoms with Crippen LogP contribution < -0.4 is 10.1 Å². The van der Waals surface area contributed by atoms with Crippen molar-refractivity contribution in [3.05, 3.63) is 65.7 Å². The van der Waals surface area contributed by atoms with Crippen LogP contribution in [0.25, 0.3) is 0 Å². The Morgan fingerprint density at radius 3 is 2.40 bits per heavy atom. The molecule has 1 atom stereocenters. The maximum Gasteiger partial charge on any atom is 0.251 e. The van der Waals surface area contributed by atoms with E-state index in [-0.39, 0.29) is 11.8 Å². The number of carbonyl (C=O) groups is 2. The molecule has 5 nitrogen and oxygen atoms in total. The molecular formula is C20H24N2O3. The third-order valence-corrected chi connectivity index (χ3v) is 3.91. The van der Waals surface area contributed by atoms with E-state index < -0.39 is 6.04 Å². The van der Waals surface area contributed by atoms with E-state index in [0.717, 1.165) is 11.3 Å². The Kier molecular flexibility index (Phi) is 6.57. The molecule has 1 unspecified atom stereocenters. The van der Waals surface area contributed by atoms with Crippen LogP contribution in [0.5, 0.6) is 5.75 Å². The first-order valence-corrected chi connectivity index (χ1v) is 8.28. The topological polar surface area (TPSA) is 58.6 Å². The Bertz CT molecular complexity index is 716. The van der Waals surface area contributed by atoms with Crippen LogP contribution in [0.3, 0.4) is 0 Å². The molecule has 0 radical (unpaired) electrons. The van der Waals surface area contributed by atoms with E-state index in [1.165, 1.54) is 0 Å². The number of nitrogens with zero attached hydrogens (tertiary/aromatic N) is 1. The highest BCUT2D eigenvalue weighted by molar-refractivity contribution is 5.97. The van der Waals surface area contributed by atoms with Crippen LogP contribution in [0.4, 0.5) is 0 Å². The summed E-state index contributed by atoms with van der Waals surface area (Å²) < 4.78 is 5.71. The van der Waals surface area contributed by atoms with Crippen LogP contribution in [-0.2, 0) is 4.79 Å². The maximum absolute atomic E-state index is 12.4. The van der Waals surface area contributed by atoms with Gasteiger partial charge in [-0.1, -0.05) is 36.4 Å². The van der Waals surface area contributed by atoms with E-state index in [9.17, 15) is 9.59 Å². The molecule has 2 rings (SSSR count). The van der Waals surface area contributed by atoms with E-state index in [0.29, 0.717) is 18.7 Å².